The summed E-state index contributed by atoms with van der Waals surface area (Å²) < 4.78 is 5.14. The van der Waals surface area contributed by atoms with E-state index in [1.165, 1.54) is 11.8 Å². The molecule has 0 fully saturated rings. The monoisotopic (exact) mass is 333 g/mol. The summed E-state index contributed by atoms with van der Waals surface area (Å²) in [6, 6.07) is 5.88. The molecule has 1 N–H and O–H groups in total. The van der Waals surface area contributed by atoms with Crippen molar-refractivity contribution in [1.82, 2.24) is 4.90 Å². The number of aromatic hydroxyl groups is 1. The second-order valence-electron chi connectivity index (χ2n) is 5.59. The average molecular weight is 333 g/mol. The largest absolute Gasteiger partial charge is 0.508 e. The van der Waals surface area contributed by atoms with Crippen LogP contribution < -0.4 is 0 Å². The molecule has 132 valence electrons. The van der Waals surface area contributed by atoms with E-state index >= 15 is 0 Å². The van der Waals surface area contributed by atoms with Gasteiger partial charge >= 0.3 is 5.97 Å². The minimum atomic E-state index is -0.718. The zero-order valence-corrected chi connectivity index (χ0v) is 14.7. The second-order valence-corrected chi connectivity index (χ2v) is 5.59. The summed E-state index contributed by atoms with van der Waals surface area (Å²) in [5.74, 6) is -0.477. The molecule has 0 radical (unpaired) electrons. The molecule has 1 amide bonds. The van der Waals surface area contributed by atoms with E-state index in [-0.39, 0.29) is 18.3 Å². The Hall–Kier alpha value is -2.30. The highest BCUT2D eigenvalue weighted by Gasteiger charge is 2.28. The van der Waals surface area contributed by atoms with Crippen molar-refractivity contribution >= 4 is 11.9 Å². The quantitative estimate of drug-likeness (QED) is 0.555. The van der Waals surface area contributed by atoms with Gasteiger partial charge in [-0.05, 0) is 31.0 Å². The van der Waals surface area contributed by atoms with E-state index in [4.69, 9.17) is 4.74 Å². The van der Waals surface area contributed by atoms with E-state index < -0.39 is 12.0 Å². The molecule has 0 aliphatic rings. The number of benzene rings is 1. The first-order chi connectivity index (χ1) is 11.5. The van der Waals surface area contributed by atoms with Crippen molar-refractivity contribution in [2.75, 3.05) is 6.61 Å². The van der Waals surface area contributed by atoms with Crippen molar-refractivity contribution in [1.29, 1.82) is 0 Å². The second kappa shape index (κ2) is 10.5. The molecule has 0 unspecified atom stereocenters. The van der Waals surface area contributed by atoms with Gasteiger partial charge in [0.1, 0.15) is 11.8 Å². The fraction of sp³-hybridized carbons (Fsp3) is 0.474. The zero-order chi connectivity index (χ0) is 17.9. The number of amides is 1. The normalized spacial score (nSPS) is 12.1. The number of esters is 1. The highest BCUT2D eigenvalue weighted by molar-refractivity contribution is 5.84. The minimum absolute atomic E-state index is 0.161. The van der Waals surface area contributed by atoms with Crippen molar-refractivity contribution in [2.45, 2.75) is 52.5 Å². The van der Waals surface area contributed by atoms with Crippen LogP contribution in [0.3, 0.4) is 0 Å². The maximum absolute atomic E-state index is 12.3. The lowest BCUT2D eigenvalue weighted by atomic mass is 10.0. The number of phenolic OH excluding ortho intramolecular Hbond substituents is 1. The van der Waals surface area contributed by atoms with E-state index in [1.54, 1.807) is 37.4 Å². The third-order valence-corrected chi connectivity index (χ3v) is 3.61. The Morgan fingerprint density at radius 1 is 1.25 bits per heavy atom. The first kappa shape index (κ1) is 19.7. The Bertz CT molecular complexity index is 551. The van der Waals surface area contributed by atoms with Gasteiger partial charge in [0.05, 0.1) is 6.61 Å². The highest BCUT2D eigenvalue weighted by Crippen LogP contribution is 2.16. The molecular formula is C19H27NO4. The molecule has 0 saturated carbocycles. The van der Waals surface area contributed by atoms with E-state index in [0.717, 1.165) is 24.8 Å². The predicted molar refractivity (Wildman–Crippen MR) is 93.4 cm³/mol. The van der Waals surface area contributed by atoms with Gasteiger partial charge in [0.2, 0.25) is 5.91 Å². The summed E-state index contributed by atoms with van der Waals surface area (Å²) in [6.45, 7) is 5.54. The van der Waals surface area contributed by atoms with Crippen LogP contribution >= 0.6 is 0 Å². The fourth-order valence-corrected chi connectivity index (χ4v) is 2.33. The number of rotatable bonds is 9. The van der Waals surface area contributed by atoms with E-state index in [9.17, 15) is 14.7 Å². The number of unbranched alkanes of at least 4 members (excludes halogenated alkanes) is 2. The van der Waals surface area contributed by atoms with Gasteiger partial charge in [-0.15, -0.1) is 0 Å². The van der Waals surface area contributed by atoms with Gasteiger partial charge in [-0.2, -0.15) is 0 Å². The summed E-state index contributed by atoms with van der Waals surface area (Å²) in [5, 5.41) is 9.38. The SMILES string of the molecule is CCCCC=CN(C(C)=O)[C@@H](Cc1ccc(O)cc1)C(=O)OCC. The van der Waals surface area contributed by atoms with Crippen LogP contribution in [-0.4, -0.2) is 34.5 Å². The Morgan fingerprint density at radius 3 is 2.46 bits per heavy atom. The van der Waals surface area contributed by atoms with Crippen molar-refractivity contribution in [3.05, 3.63) is 42.1 Å². The van der Waals surface area contributed by atoms with E-state index in [0.29, 0.717) is 6.42 Å². The molecule has 1 atom stereocenters. The number of hydrogen-bond acceptors (Lipinski definition) is 4. The highest BCUT2D eigenvalue weighted by atomic mass is 16.5. The fourth-order valence-electron chi connectivity index (χ4n) is 2.33. The summed E-state index contributed by atoms with van der Waals surface area (Å²) in [7, 11) is 0. The lowest BCUT2D eigenvalue weighted by Gasteiger charge is -2.26. The Morgan fingerprint density at radius 2 is 1.92 bits per heavy atom. The van der Waals surface area contributed by atoms with Crippen LogP contribution in [-0.2, 0) is 20.7 Å². The molecular weight excluding hydrogens is 306 g/mol. The Labute approximate surface area is 143 Å². The van der Waals surface area contributed by atoms with Crippen molar-refractivity contribution in [2.24, 2.45) is 0 Å². The number of phenols is 1. The standard InChI is InChI=1S/C19H27NO4/c1-4-6-7-8-13-20(15(3)21)18(19(23)24-5-2)14-16-9-11-17(22)12-10-16/h8-13,18,22H,4-7,14H2,1-3H3/t18-/m0/s1. The van der Waals surface area contributed by atoms with Crippen LogP contribution in [0.25, 0.3) is 0 Å². The van der Waals surface area contributed by atoms with E-state index in [1.807, 2.05) is 6.08 Å². The number of carbonyl (C=O) groups excluding carboxylic acids is 2. The van der Waals surface area contributed by atoms with Crippen LogP contribution in [0.5, 0.6) is 5.75 Å². The Kier molecular flexibility index (Phi) is 8.61. The molecule has 0 aromatic heterocycles. The lowest BCUT2D eigenvalue weighted by Crippen LogP contribution is -2.43. The number of ether oxygens (including phenoxy) is 1. The third kappa shape index (κ3) is 6.44. The molecule has 0 aliphatic carbocycles. The summed E-state index contributed by atoms with van der Waals surface area (Å²) in [6.07, 6.45) is 6.88. The van der Waals surface area contributed by atoms with Crippen LogP contribution in [0.4, 0.5) is 0 Å². The minimum Gasteiger partial charge on any atom is -0.508 e. The lowest BCUT2D eigenvalue weighted by molar-refractivity contribution is -0.152. The van der Waals surface area contributed by atoms with Crippen LogP contribution in [0.2, 0.25) is 0 Å². The number of hydrogen-bond donors (Lipinski definition) is 1. The smallest absolute Gasteiger partial charge is 0.329 e. The molecule has 0 spiro atoms. The van der Waals surface area contributed by atoms with Crippen LogP contribution in [0.15, 0.2) is 36.5 Å². The number of allylic oxidation sites excluding steroid dienone is 1. The van der Waals surface area contributed by atoms with Gasteiger partial charge in [0.15, 0.2) is 0 Å². The van der Waals surface area contributed by atoms with Crippen molar-refractivity contribution in [3.63, 3.8) is 0 Å². The molecule has 0 heterocycles. The molecule has 1 aromatic carbocycles. The summed E-state index contributed by atoms with van der Waals surface area (Å²) >= 11 is 0. The summed E-state index contributed by atoms with van der Waals surface area (Å²) in [5.41, 5.74) is 0.846. The predicted octanol–water partition coefficient (Wildman–Crippen LogP) is 3.42. The maximum atomic E-state index is 12.3. The zero-order valence-electron chi connectivity index (χ0n) is 14.7. The first-order valence-electron chi connectivity index (χ1n) is 8.39. The number of carbonyl (C=O) groups is 2. The van der Waals surface area contributed by atoms with Crippen molar-refractivity contribution < 1.29 is 19.4 Å². The van der Waals surface area contributed by atoms with Gasteiger partial charge < -0.3 is 14.7 Å². The average Bonchev–Trinajstić information content (AvgIpc) is 2.55. The molecule has 0 aliphatic heterocycles. The molecule has 1 rings (SSSR count). The molecule has 0 bridgehead atoms. The molecule has 0 saturated heterocycles. The molecule has 1 aromatic rings. The van der Waals surface area contributed by atoms with Gasteiger partial charge in [-0.25, -0.2) is 4.79 Å². The van der Waals surface area contributed by atoms with Gasteiger partial charge in [0, 0.05) is 19.5 Å². The van der Waals surface area contributed by atoms with Gasteiger partial charge in [-0.1, -0.05) is 38.0 Å². The van der Waals surface area contributed by atoms with Gasteiger partial charge in [-0.3, -0.25) is 4.79 Å². The van der Waals surface area contributed by atoms with E-state index in [2.05, 4.69) is 6.92 Å². The summed E-state index contributed by atoms with van der Waals surface area (Å²) in [4.78, 5) is 25.8. The van der Waals surface area contributed by atoms with Crippen LogP contribution in [0, 0.1) is 0 Å². The van der Waals surface area contributed by atoms with Crippen LogP contribution in [0.1, 0.15) is 45.6 Å². The van der Waals surface area contributed by atoms with Crippen molar-refractivity contribution in [3.8, 4) is 5.75 Å². The third-order valence-electron chi connectivity index (χ3n) is 3.61. The molecule has 5 nitrogen and oxygen atoms in total. The maximum Gasteiger partial charge on any atom is 0.329 e. The Balaban J connectivity index is 2.99. The molecule has 24 heavy (non-hydrogen) atoms. The topological polar surface area (TPSA) is 66.8 Å². The first-order valence-corrected chi connectivity index (χ1v) is 8.39. The number of nitrogens with zero attached hydrogens (tertiary/aromatic N) is 1. The van der Waals surface area contributed by atoms with Gasteiger partial charge in [0.25, 0.3) is 0 Å². The molecule has 5 heteroatoms.